The van der Waals surface area contributed by atoms with Gasteiger partial charge in [0.1, 0.15) is 5.82 Å². The highest BCUT2D eigenvalue weighted by Crippen LogP contribution is 2.47. The van der Waals surface area contributed by atoms with Crippen molar-refractivity contribution >= 4 is 44.8 Å². The fraction of sp³-hybridized carbons (Fsp3) is 0.143. The van der Waals surface area contributed by atoms with E-state index in [1.54, 1.807) is 58.0 Å². The van der Waals surface area contributed by atoms with E-state index in [9.17, 15) is 18.0 Å². The third-order valence-electron chi connectivity index (χ3n) is 6.55. The monoisotopic (exact) mass is 552 g/mol. The second-order valence-electron chi connectivity index (χ2n) is 8.96. The summed E-state index contributed by atoms with van der Waals surface area (Å²) in [5.74, 6) is 0.253. The van der Waals surface area contributed by atoms with Gasteiger partial charge in [-0.25, -0.2) is 8.42 Å². The number of pyridine rings is 1. The predicted molar refractivity (Wildman–Crippen MR) is 146 cm³/mol. The van der Waals surface area contributed by atoms with Crippen LogP contribution in [0.3, 0.4) is 0 Å². The van der Waals surface area contributed by atoms with Gasteiger partial charge >= 0.3 is 0 Å². The maximum absolute atomic E-state index is 14.1. The Morgan fingerprint density at radius 3 is 1.76 bits per heavy atom. The molecule has 0 aliphatic carbocycles. The first-order chi connectivity index (χ1) is 17.6. The van der Waals surface area contributed by atoms with Crippen molar-refractivity contribution in [2.75, 3.05) is 11.2 Å². The topological polar surface area (TPSA) is 76.5 Å². The van der Waals surface area contributed by atoms with E-state index in [4.69, 9.17) is 23.2 Å². The lowest BCUT2D eigenvalue weighted by atomic mass is 9.93. The number of hydrogen-bond acceptors (Lipinski definition) is 4. The number of hydrogen-bond donors (Lipinski definition) is 0. The van der Waals surface area contributed by atoms with Gasteiger partial charge in [-0.3, -0.25) is 19.1 Å². The molecule has 0 saturated heterocycles. The summed E-state index contributed by atoms with van der Waals surface area (Å²) in [4.78, 5) is 28.8. The summed E-state index contributed by atoms with van der Waals surface area (Å²) in [6, 6.07) is 23.0. The van der Waals surface area contributed by atoms with E-state index in [0.29, 0.717) is 27.0 Å². The van der Waals surface area contributed by atoms with Crippen LogP contribution >= 0.6 is 23.2 Å². The van der Waals surface area contributed by atoms with Crippen molar-refractivity contribution in [2.45, 2.75) is 23.9 Å². The third kappa shape index (κ3) is 4.59. The van der Waals surface area contributed by atoms with E-state index in [2.05, 4.69) is 0 Å². The van der Waals surface area contributed by atoms with Crippen LogP contribution in [0, 0.1) is 0 Å². The molecule has 0 saturated carbocycles. The van der Waals surface area contributed by atoms with Crippen molar-refractivity contribution in [3.05, 3.63) is 116 Å². The number of nitrogens with zero attached hydrogens (tertiary/aromatic N) is 2. The highest BCUT2D eigenvalue weighted by Gasteiger charge is 2.43. The molecular weight excluding hydrogens is 531 g/mol. The summed E-state index contributed by atoms with van der Waals surface area (Å²) in [7, 11) is -3.38. The van der Waals surface area contributed by atoms with Gasteiger partial charge in [-0.1, -0.05) is 59.6 Å². The van der Waals surface area contributed by atoms with E-state index >= 15 is 0 Å². The number of sulfone groups is 1. The fourth-order valence-corrected chi connectivity index (χ4v) is 5.76. The molecule has 9 heteroatoms. The first kappa shape index (κ1) is 25.3. The Kier molecular flexibility index (Phi) is 6.48. The van der Waals surface area contributed by atoms with Crippen LogP contribution in [0.4, 0.5) is 5.82 Å². The number of amides is 1. The second-order valence-corrected chi connectivity index (χ2v) is 11.8. The molecule has 0 bridgehead atoms. The Bertz CT molecular complexity index is 1660. The molecule has 0 radical (unpaired) electrons. The van der Waals surface area contributed by atoms with Gasteiger partial charge in [0.05, 0.1) is 17.0 Å². The lowest BCUT2D eigenvalue weighted by Crippen LogP contribution is -2.31. The van der Waals surface area contributed by atoms with Crippen molar-refractivity contribution in [2.24, 2.45) is 0 Å². The molecule has 1 aliphatic rings. The molecular formula is C28H22Cl2N2O4S. The molecule has 5 rings (SSSR count). The number of anilines is 1. The van der Waals surface area contributed by atoms with Gasteiger partial charge in [-0.15, -0.1) is 0 Å². The molecule has 0 spiro atoms. The first-order valence-corrected chi connectivity index (χ1v) is 14.1. The minimum absolute atomic E-state index is 0.169. The summed E-state index contributed by atoms with van der Waals surface area (Å²) >= 11 is 12.3. The molecule has 1 amide bonds. The van der Waals surface area contributed by atoms with Gasteiger partial charge in [0, 0.05) is 28.8 Å². The van der Waals surface area contributed by atoms with E-state index in [1.165, 1.54) is 19.1 Å². The van der Waals surface area contributed by atoms with Gasteiger partial charge in [0.15, 0.2) is 9.84 Å². The van der Waals surface area contributed by atoms with Gasteiger partial charge < -0.3 is 0 Å². The first-order valence-electron chi connectivity index (χ1n) is 11.4. The minimum atomic E-state index is -3.38. The minimum Gasteiger partial charge on any atom is -0.288 e. The zero-order valence-corrected chi connectivity index (χ0v) is 22.3. The predicted octanol–water partition coefficient (Wildman–Crippen LogP) is 5.92. The van der Waals surface area contributed by atoms with Crippen molar-refractivity contribution in [3.63, 3.8) is 0 Å². The molecule has 3 aromatic carbocycles. The smallest absolute Gasteiger partial charge is 0.260 e. The summed E-state index contributed by atoms with van der Waals surface area (Å²) in [6.07, 6.45) is 1.14. The standard InChI is InChI=1S/C28H22Cl2N2O4S/c1-17(33)31-25-16-15-24(18-7-13-23(14-8-18)37(2,35)36)28(34)32(25)27(20-5-11-22(30)12-6-20)26(31)19-3-9-21(29)10-4-19/h3-16,26-27H,1-2H3/t26-,27+/m1/s1. The van der Waals surface area contributed by atoms with Gasteiger partial charge in [-0.2, -0.15) is 0 Å². The Hall–Kier alpha value is -3.39. The van der Waals surface area contributed by atoms with Gasteiger partial charge in [-0.05, 0) is 65.2 Å². The number of carbonyl (C=O) groups excluding carboxylic acids is 1. The zero-order chi connectivity index (χ0) is 26.5. The SMILES string of the molecule is CC(=O)N1c2ccc(-c3ccc(S(C)(=O)=O)cc3)c(=O)n2[C@@H](c2ccc(Cl)cc2)[C@H]1c1ccc(Cl)cc1. The second kappa shape index (κ2) is 9.49. The normalized spacial score (nSPS) is 17.0. The molecule has 0 N–H and O–H groups in total. The van der Waals surface area contributed by atoms with Crippen LogP contribution < -0.4 is 10.5 Å². The zero-order valence-electron chi connectivity index (χ0n) is 19.9. The van der Waals surface area contributed by atoms with E-state index in [1.807, 2.05) is 24.3 Å². The quantitative estimate of drug-likeness (QED) is 0.314. The number of carbonyl (C=O) groups is 1. The highest BCUT2D eigenvalue weighted by molar-refractivity contribution is 7.90. The van der Waals surface area contributed by atoms with E-state index in [0.717, 1.165) is 17.4 Å². The van der Waals surface area contributed by atoms with Gasteiger partial charge in [0.2, 0.25) is 5.91 Å². The molecule has 0 fully saturated rings. The fourth-order valence-electron chi connectivity index (χ4n) is 4.87. The summed E-state index contributed by atoms with van der Waals surface area (Å²) in [5, 5.41) is 1.12. The van der Waals surface area contributed by atoms with E-state index in [-0.39, 0.29) is 16.4 Å². The number of rotatable bonds is 4. The molecule has 2 atom stereocenters. The number of benzene rings is 3. The Balaban J connectivity index is 1.75. The van der Waals surface area contributed by atoms with Crippen molar-refractivity contribution in [1.82, 2.24) is 4.57 Å². The number of halogens is 2. The Labute approximate surface area is 224 Å². The van der Waals surface area contributed by atoms with Crippen LogP contribution in [-0.4, -0.2) is 25.1 Å². The van der Waals surface area contributed by atoms with Crippen LogP contribution in [-0.2, 0) is 14.6 Å². The largest absolute Gasteiger partial charge is 0.288 e. The van der Waals surface area contributed by atoms with Crippen LogP contribution in [0.15, 0.2) is 94.6 Å². The Morgan fingerprint density at radius 1 is 0.757 bits per heavy atom. The average Bonchev–Trinajstić information content (AvgIpc) is 3.21. The Morgan fingerprint density at radius 2 is 1.27 bits per heavy atom. The maximum atomic E-state index is 14.1. The molecule has 0 unspecified atom stereocenters. The summed E-state index contributed by atoms with van der Waals surface area (Å²) < 4.78 is 25.4. The maximum Gasteiger partial charge on any atom is 0.260 e. The van der Waals surface area contributed by atoms with Crippen LogP contribution in [0.25, 0.3) is 11.1 Å². The van der Waals surface area contributed by atoms with Gasteiger partial charge in [0.25, 0.3) is 5.56 Å². The molecule has 37 heavy (non-hydrogen) atoms. The number of fused-ring (bicyclic) bond motifs is 1. The molecule has 1 aromatic heterocycles. The number of aromatic nitrogens is 1. The summed E-state index contributed by atoms with van der Waals surface area (Å²) in [5.41, 5.74) is 2.30. The van der Waals surface area contributed by atoms with E-state index < -0.39 is 21.9 Å². The summed E-state index contributed by atoms with van der Waals surface area (Å²) in [6.45, 7) is 1.47. The van der Waals surface area contributed by atoms with Crippen LogP contribution in [0.5, 0.6) is 0 Å². The molecule has 6 nitrogen and oxygen atoms in total. The van der Waals surface area contributed by atoms with Crippen molar-refractivity contribution < 1.29 is 13.2 Å². The van der Waals surface area contributed by atoms with Crippen LogP contribution in [0.1, 0.15) is 30.1 Å². The van der Waals surface area contributed by atoms with Crippen molar-refractivity contribution in [1.29, 1.82) is 0 Å². The molecule has 2 heterocycles. The molecule has 188 valence electrons. The van der Waals surface area contributed by atoms with Crippen LogP contribution in [0.2, 0.25) is 10.0 Å². The third-order valence-corrected chi connectivity index (χ3v) is 8.19. The molecule has 4 aromatic rings. The van der Waals surface area contributed by atoms with Crippen molar-refractivity contribution in [3.8, 4) is 11.1 Å². The lowest BCUT2D eigenvalue weighted by Gasteiger charge is -2.27. The lowest BCUT2D eigenvalue weighted by molar-refractivity contribution is -0.117. The molecule has 1 aliphatic heterocycles. The highest BCUT2D eigenvalue weighted by atomic mass is 35.5. The average molecular weight is 553 g/mol.